The highest BCUT2D eigenvalue weighted by molar-refractivity contribution is 5.37. The zero-order chi connectivity index (χ0) is 13.0. The van der Waals surface area contributed by atoms with Gasteiger partial charge in [0.15, 0.2) is 0 Å². The number of hydrogen-bond donors (Lipinski definition) is 1. The van der Waals surface area contributed by atoms with E-state index in [-0.39, 0.29) is 5.69 Å². The second kappa shape index (κ2) is 5.46. The lowest BCUT2D eigenvalue weighted by atomic mass is 10.1. The van der Waals surface area contributed by atoms with Crippen molar-refractivity contribution < 1.29 is 4.74 Å². The number of rotatable bonds is 4. The van der Waals surface area contributed by atoms with Gasteiger partial charge in [0.1, 0.15) is 5.75 Å². The van der Waals surface area contributed by atoms with Crippen LogP contribution in [-0.4, -0.2) is 16.7 Å². The van der Waals surface area contributed by atoms with Gasteiger partial charge in [-0.1, -0.05) is 6.07 Å². The molecule has 0 saturated heterocycles. The molecule has 5 nitrogen and oxygen atoms in total. The predicted octanol–water partition coefficient (Wildman–Crippen LogP) is 0.759. The number of nitrogens with zero attached hydrogens (tertiary/aromatic N) is 2. The molecule has 94 valence electrons. The van der Waals surface area contributed by atoms with E-state index in [9.17, 15) is 4.79 Å². The van der Waals surface area contributed by atoms with Gasteiger partial charge in [-0.15, -0.1) is 0 Å². The van der Waals surface area contributed by atoms with Crippen LogP contribution in [0.15, 0.2) is 41.5 Å². The third-order valence-electron chi connectivity index (χ3n) is 2.70. The van der Waals surface area contributed by atoms with Crippen molar-refractivity contribution in [1.29, 1.82) is 0 Å². The minimum atomic E-state index is -0.261. The van der Waals surface area contributed by atoms with Crippen molar-refractivity contribution in [1.82, 2.24) is 9.55 Å². The average Bonchev–Trinajstić information content (AvgIpc) is 2.41. The summed E-state index contributed by atoms with van der Waals surface area (Å²) in [6.07, 6.45) is 3.19. The van der Waals surface area contributed by atoms with E-state index in [1.54, 1.807) is 23.9 Å². The quantitative estimate of drug-likeness (QED) is 0.863. The maximum atomic E-state index is 11.5. The molecule has 5 heteroatoms. The molecule has 1 aromatic heterocycles. The lowest BCUT2D eigenvalue weighted by Gasteiger charge is -2.10. The SMILES string of the molecule is COc1ccc(Cn2cccnc2=O)cc1CN. The fourth-order valence-corrected chi connectivity index (χ4v) is 1.79. The first kappa shape index (κ1) is 12.3. The van der Waals surface area contributed by atoms with Gasteiger partial charge >= 0.3 is 5.69 Å². The largest absolute Gasteiger partial charge is 0.496 e. The third kappa shape index (κ3) is 2.57. The maximum Gasteiger partial charge on any atom is 0.347 e. The lowest BCUT2D eigenvalue weighted by molar-refractivity contribution is 0.409. The van der Waals surface area contributed by atoms with E-state index in [0.29, 0.717) is 13.1 Å². The van der Waals surface area contributed by atoms with Gasteiger partial charge in [-0.2, -0.15) is 0 Å². The minimum Gasteiger partial charge on any atom is -0.496 e. The highest BCUT2D eigenvalue weighted by Gasteiger charge is 2.04. The summed E-state index contributed by atoms with van der Waals surface area (Å²) >= 11 is 0. The van der Waals surface area contributed by atoms with Crippen LogP contribution in [0.5, 0.6) is 5.75 Å². The van der Waals surface area contributed by atoms with Crippen molar-refractivity contribution in [3.63, 3.8) is 0 Å². The molecule has 2 aromatic rings. The molecule has 1 heterocycles. The van der Waals surface area contributed by atoms with E-state index in [0.717, 1.165) is 16.9 Å². The molecule has 0 amide bonds. The summed E-state index contributed by atoms with van der Waals surface area (Å²) in [5.41, 5.74) is 7.31. The molecule has 0 unspecified atom stereocenters. The molecule has 2 rings (SSSR count). The smallest absolute Gasteiger partial charge is 0.347 e. The van der Waals surface area contributed by atoms with E-state index in [2.05, 4.69) is 4.98 Å². The second-order valence-electron chi connectivity index (χ2n) is 3.88. The van der Waals surface area contributed by atoms with Crippen molar-refractivity contribution in [2.24, 2.45) is 5.73 Å². The van der Waals surface area contributed by atoms with Crippen LogP contribution >= 0.6 is 0 Å². The van der Waals surface area contributed by atoms with Crippen molar-refractivity contribution >= 4 is 0 Å². The number of ether oxygens (including phenoxy) is 1. The van der Waals surface area contributed by atoms with Crippen LogP contribution in [0.25, 0.3) is 0 Å². The minimum absolute atomic E-state index is 0.261. The van der Waals surface area contributed by atoms with E-state index in [4.69, 9.17) is 10.5 Å². The van der Waals surface area contributed by atoms with Crippen LogP contribution in [0.2, 0.25) is 0 Å². The molecule has 0 spiro atoms. The molecule has 0 fully saturated rings. The maximum absolute atomic E-state index is 11.5. The molecule has 0 aliphatic rings. The summed E-state index contributed by atoms with van der Waals surface area (Å²) in [5, 5.41) is 0. The van der Waals surface area contributed by atoms with Crippen LogP contribution in [0.3, 0.4) is 0 Å². The summed E-state index contributed by atoms with van der Waals surface area (Å²) in [6.45, 7) is 0.878. The number of methoxy groups -OCH3 is 1. The fourth-order valence-electron chi connectivity index (χ4n) is 1.79. The Morgan fingerprint density at radius 1 is 1.44 bits per heavy atom. The van der Waals surface area contributed by atoms with Crippen molar-refractivity contribution in [2.45, 2.75) is 13.1 Å². The van der Waals surface area contributed by atoms with Crippen molar-refractivity contribution in [2.75, 3.05) is 7.11 Å². The van der Waals surface area contributed by atoms with Gasteiger partial charge in [0.2, 0.25) is 0 Å². The van der Waals surface area contributed by atoms with Gasteiger partial charge < -0.3 is 10.5 Å². The Labute approximate surface area is 105 Å². The van der Waals surface area contributed by atoms with E-state index in [1.165, 1.54) is 6.20 Å². The van der Waals surface area contributed by atoms with Crippen LogP contribution in [-0.2, 0) is 13.1 Å². The molecule has 0 radical (unpaired) electrons. The number of benzene rings is 1. The normalized spacial score (nSPS) is 10.3. The Balaban J connectivity index is 2.30. The zero-order valence-corrected chi connectivity index (χ0v) is 10.2. The second-order valence-corrected chi connectivity index (χ2v) is 3.88. The van der Waals surface area contributed by atoms with E-state index < -0.39 is 0 Å². The Bertz CT molecular complexity index is 593. The average molecular weight is 245 g/mol. The first-order valence-corrected chi connectivity index (χ1v) is 5.62. The van der Waals surface area contributed by atoms with Gasteiger partial charge in [-0.3, -0.25) is 4.57 Å². The highest BCUT2D eigenvalue weighted by atomic mass is 16.5. The Kier molecular flexibility index (Phi) is 3.74. The van der Waals surface area contributed by atoms with Gasteiger partial charge in [0.05, 0.1) is 13.7 Å². The Morgan fingerprint density at radius 2 is 2.28 bits per heavy atom. The zero-order valence-electron chi connectivity index (χ0n) is 10.2. The van der Waals surface area contributed by atoms with Gasteiger partial charge in [0, 0.05) is 24.5 Å². The van der Waals surface area contributed by atoms with Crippen LogP contribution < -0.4 is 16.2 Å². The highest BCUT2D eigenvalue weighted by Crippen LogP contribution is 2.19. The first-order chi connectivity index (χ1) is 8.74. The van der Waals surface area contributed by atoms with Gasteiger partial charge in [-0.25, -0.2) is 9.78 Å². The molecule has 1 aromatic carbocycles. The third-order valence-corrected chi connectivity index (χ3v) is 2.70. The first-order valence-electron chi connectivity index (χ1n) is 5.62. The van der Waals surface area contributed by atoms with Gasteiger partial charge in [0.25, 0.3) is 0 Å². The molecule has 0 aliphatic heterocycles. The van der Waals surface area contributed by atoms with Crippen LogP contribution in [0.4, 0.5) is 0 Å². The summed E-state index contributed by atoms with van der Waals surface area (Å²) < 4.78 is 6.75. The Hall–Kier alpha value is -2.14. The van der Waals surface area contributed by atoms with Crippen LogP contribution in [0, 0.1) is 0 Å². The molecule has 0 bridgehead atoms. The molecule has 18 heavy (non-hydrogen) atoms. The number of nitrogens with two attached hydrogens (primary N) is 1. The number of hydrogen-bond acceptors (Lipinski definition) is 4. The molecule has 0 atom stereocenters. The van der Waals surface area contributed by atoms with Gasteiger partial charge in [-0.05, 0) is 23.8 Å². The molecule has 0 saturated carbocycles. The van der Waals surface area contributed by atoms with Crippen molar-refractivity contribution in [3.05, 3.63) is 58.3 Å². The standard InChI is InChI=1S/C13H15N3O2/c1-18-12-4-3-10(7-11(12)8-14)9-16-6-2-5-15-13(16)17/h2-7H,8-9,14H2,1H3. The molecular formula is C13H15N3O2. The van der Waals surface area contributed by atoms with E-state index in [1.807, 2.05) is 18.2 Å². The Morgan fingerprint density at radius 3 is 2.94 bits per heavy atom. The fraction of sp³-hybridized carbons (Fsp3) is 0.231. The summed E-state index contributed by atoms with van der Waals surface area (Å²) in [4.78, 5) is 15.2. The topological polar surface area (TPSA) is 70.1 Å². The summed E-state index contributed by atoms with van der Waals surface area (Å²) in [5.74, 6) is 0.764. The lowest BCUT2D eigenvalue weighted by Crippen LogP contribution is -2.22. The molecule has 2 N–H and O–H groups in total. The van der Waals surface area contributed by atoms with E-state index >= 15 is 0 Å². The summed E-state index contributed by atoms with van der Waals surface area (Å²) in [7, 11) is 1.61. The monoisotopic (exact) mass is 245 g/mol. The van der Waals surface area contributed by atoms with Crippen molar-refractivity contribution in [3.8, 4) is 5.75 Å². The molecular weight excluding hydrogens is 230 g/mol. The van der Waals surface area contributed by atoms with Crippen LogP contribution in [0.1, 0.15) is 11.1 Å². The predicted molar refractivity (Wildman–Crippen MR) is 68.5 cm³/mol. The number of aromatic nitrogens is 2. The molecule has 0 aliphatic carbocycles. The summed E-state index contributed by atoms with van der Waals surface area (Å²) in [6, 6.07) is 7.45.